The van der Waals surface area contributed by atoms with Crippen LogP contribution >= 0.6 is 0 Å². The monoisotopic (exact) mass is 317 g/mol. The Labute approximate surface area is 136 Å². The zero-order chi connectivity index (χ0) is 16.7. The second kappa shape index (κ2) is 8.17. The topological polar surface area (TPSA) is 75.8 Å². The molecular weight excluding hydrogens is 294 g/mol. The Bertz CT molecular complexity index is 636. The fourth-order valence-corrected chi connectivity index (χ4v) is 2.16. The van der Waals surface area contributed by atoms with E-state index in [1.165, 1.54) is 5.56 Å². The van der Waals surface area contributed by atoms with Crippen LogP contribution in [0.5, 0.6) is 5.75 Å². The minimum atomic E-state index is 0.470. The zero-order valence-electron chi connectivity index (χ0n) is 14.0. The van der Waals surface area contributed by atoms with Gasteiger partial charge >= 0.3 is 0 Å². The molecule has 0 bridgehead atoms. The molecule has 0 saturated carbocycles. The van der Waals surface area contributed by atoms with Gasteiger partial charge in [-0.2, -0.15) is 4.98 Å². The molecule has 1 aromatic heterocycles. The minimum absolute atomic E-state index is 0.470. The van der Waals surface area contributed by atoms with Gasteiger partial charge in [0.15, 0.2) is 11.8 Å². The molecule has 0 atom stereocenters. The van der Waals surface area contributed by atoms with Gasteiger partial charge in [0.2, 0.25) is 5.89 Å². The molecule has 7 heteroatoms. The number of aliphatic imine (C=N–C) groups is 1. The molecule has 0 aliphatic rings. The standard InChI is InChI=1S/C16H23N5O2/c1-5-22-14-8-6-13(7-9-14)11-21(4)16(17-3)18-10-15-19-12(2)23-20-15/h6-9H,5,10-11H2,1-4H3,(H,17,18). The number of nitrogens with one attached hydrogen (secondary N) is 1. The molecule has 1 aromatic carbocycles. The summed E-state index contributed by atoms with van der Waals surface area (Å²) in [4.78, 5) is 10.5. The van der Waals surface area contributed by atoms with E-state index in [2.05, 4.69) is 32.6 Å². The number of hydrogen-bond acceptors (Lipinski definition) is 5. The average molecular weight is 317 g/mol. The maximum atomic E-state index is 5.45. The van der Waals surface area contributed by atoms with Gasteiger partial charge in [0.1, 0.15) is 5.75 Å². The van der Waals surface area contributed by atoms with Gasteiger partial charge in [-0.25, -0.2) is 0 Å². The van der Waals surface area contributed by atoms with Crippen LogP contribution in [0.1, 0.15) is 24.2 Å². The van der Waals surface area contributed by atoms with Crippen molar-refractivity contribution >= 4 is 5.96 Å². The van der Waals surface area contributed by atoms with Crippen LogP contribution in [0.25, 0.3) is 0 Å². The molecular formula is C16H23N5O2. The lowest BCUT2D eigenvalue weighted by Crippen LogP contribution is -2.38. The summed E-state index contributed by atoms with van der Waals surface area (Å²) in [7, 11) is 3.73. The van der Waals surface area contributed by atoms with E-state index in [1.54, 1.807) is 14.0 Å². The molecule has 1 N–H and O–H groups in total. The predicted molar refractivity (Wildman–Crippen MR) is 88.3 cm³/mol. The highest BCUT2D eigenvalue weighted by molar-refractivity contribution is 5.79. The number of hydrogen-bond donors (Lipinski definition) is 1. The van der Waals surface area contributed by atoms with Gasteiger partial charge in [0.25, 0.3) is 0 Å². The second-order valence-corrected chi connectivity index (χ2v) is 5.06. The lowest BCUT2D eigenvalue weighted by Gasteiger charge is -2.21. The number of ether oxygens (including phenoxy) is 1. The number of rotatable bonds is 6. The average Bonchev–Trinajstić information content (AvgIpc) is 2.95. The fourth-order valence-electron chi connectivity index (χ4n) is 2.16. The summed E-state index contributed by atoms with van der Waals surface area (Å²) < 4.78 is 10.4. The van der Waals surface area contributed by atoms with Crippen molar-refractivity contribution < 1.29 is 9.26 Å². The quantitative estimate of drug-likeness (QED) is 0.648. The van der Waals surface area contributed by atoms with Gasteiger partial charge in [0, 0.05) is 27.6 Å². The highest BCUT2D eigenvalue weighted by atomic mass is 16.5. The molecule has 0 radical (unpaired) electrons. The molecule has 0 aliphatic carbocycles. The van der Waals surface area contributed by atoms with Crippen molar-refractivity contribution in [2.75, 3.05) is 20.7 Å². The molecule has 0 saturated heterocycles. The largest absolute Gasteiger partial charge is 0.494 e. The summed E-state index contributed by atoms with van der Waals surface area (Å²) in [6.45, 7) is 5.62. The minimum Gasteiger partial charge on any atom is -0.494 e. The Hall–Kier alpha value is -2.57. The summed E-state index contributed by atoms with van der Waals surface area (Å²) >= 11 is 0. The molecule has 0 fully saturated rings. The van der Waals surface area contributed by atoms with Gasteiger partial charge in [0.05, 0.1) is 13.2 Å². The lowest BCUT2D eigenvalue weighted by molar-refractivity contribution is 0.340. The Balaban J connectivity index is 1.90. The maximum Gasteiger partial charge on any atom is 0.223 e. The number of guanidine groups is 1. The molecule has 0 aliphatic heterocycles. The first-order valence-corrected chi connectivity index (χ1v) is 7.55. The lowest BCUT2D eigenvalue weighted by atomic mass is 10.2. The first-order valence-electron chi connectivity index (χ1n) is 7.55. The Morgan fingerprint density at radius 2 is 2.09 bits per heavy atom. The highest BCUT2D eigenvalue weighted by Gasteiger charge is 2.09. The van der Waals surface area contributed by atoms with E-state index in [1.807, 2.05) is 31.0 Å². The maximum absolute atomic E-state index is 5.45. The normalized spacial score (nSPS) is 11.4. The smallest absolute Gasteiger partial charge is 0.223 e. The summed E-state index contributed by atoms with van der Waals surface area (Å²) in [6, 6.07) is 8.06. The Kier molecular flexibility index (Phi) is 5.96. The number of benzene rings is 1. The molecule has 23 heavy (non-hydrogen) atoms. The third kappa shape index (κ3) is 4.98. The van der Waals surface area contributed by atoms with E-state index in [0.717, 1.165) is 18.3 Å². The number of aromatic nitrogens is 2. The van der Waals surface area contributed by atoms with Crippen molar-refractivity contribution in [3.8, 4) is 5.75 Å². The summed E-state index contributed by atoms with van der Waals surface area (Å²) in [5.74, 6) is 2.81. The van der Waals surface area contributed by atoms with Crippen LogP contribution in [0, 0.1) is 6.92 Å². The van der Waals surface area contributed by atoms with Gasteiger partial charge in [-0.15, -0.1) is 0 Å². The van der Waals surface area contributed by atoms with Gasteiger partial charge < -0.3 is 19.5 Å². The fraction of sp³-hybridized carbons (Fsp3) is 0.438. The van der Waals surface area contributed by atoms with Crippen molar-refractivity contribution in [1.29, 1.82) is 0 Å². The summed E-state index contributed by atoms with van der Waals surface area (Å²) in [5.41, 5.74) is 1.18. The molecule has 0 spiro atoms. The third-order valence-electron chi connectivity index (χ3n) is 3.20. The van der Waals surface area contributed by atoms with Crippen molar-refractivity contribution in [3.05, 3.63) is 41.5 Å². The van der Waals surface area contributed by atoms with Crippen molar-refractivity contribution in [2.45, 2.75) is 26.9 Å². The summed E-state index contributed by atoms with van der Waals surface area (Å²) in [6.07, 6.45) is 0. The van der Waals surface area contributed by atoms with Crippen LogP contribution in [0.2, 0.25) is 0 Å². The predicted octanol–water partition coefficient (Wildman–Crippen LogP) is 1.98. The third-order valence-corrected chi connectivity index (χ3v) is 3.20. The Morgan fingerprint density at radius 1 is 1.35 bits per heavy atom. The van der Waals surface area contributed by atoms with E-state index >= 15 is 0 Å². The molecule has 2 aromatic rings. The first-order chi connectivity index (χ1) is 11.1. The summed E-state index contributed by atoms with van der Waals surface area (Å²) in [5, 5.41) is 7.07. The second-order valence-electron chi connectivity index (χ2n) is 5.06. The van der Waals surface area contributed by atoms with Crippen LogP contribution in [-0.2, 0) is 13.1 Å². The molecule has 7 nitrogen and oxygen atoms in total. The van der Waals surface area contributed by atoms with Gasteiger partial charge in [-0.1, -0.05) is 17.3 Å². The highest BCUT2D eigenvalue weighted by Crippen LogP contribution is 2.13. The molecule has 1 heterocycles. The molecule has 124 valence electrons. The van der Waals surface area contributed by atoms with Gasteiger partial charge in [-0.3, -0.25) is 4.99 Å². The SMILES string of the molecule is CCOc1ccc(CN(C)C(=NC)NCc2noc(C)n2)cc1. The van der Waals surface area contributed by atoms with Crippen molar-refractivity contribution in [2.24, 2.45) is 4.99 Å². The molecule has 0 amide bonds. The van der Waals surface area contributed by atoms with Gasteiger partial charge in [-0.05, 0) is 24.6 Å². The molecule has 0 unspecified atom stereocenters. The van der Waals surface area contributed by atoms with E-state index in [0.29, 0.717) is 24.9 Å². The van der Waals surface area contributed by atoms with Crippen LogP contribution in [-0.4, -0.2) is 41.7 Å². The van der Waals surface area contributed by atoms with Crippen molar-refractivity contribution in [1.82, 2.24) is 20.4 Å². The van der Waals surface area contributed by atoms with Crippen LogP contribution in [0.4, 0.5) is 0 Å². The number of nitrogens with zero attached hydrogens (tertiary/aromatic N) is 4. The first kappa shape index (κ1) is 16.8. The van der Waals surface area contributed by atoms with E-state index in [-0.39, 0.29) is 0 Å². The van der Waals surface area contributed by atoms with Crippen LogP contribution in [0.3, 0.4) is 0 Å². The van der Waals surface area contributed by atoms with E-state index in [9.17, 15) is 0 Å². The van der Waals surface area contributed by atoms with E-state index in [4.69, 9.17) is 9.26 Å². The van der Waals surface area contributed by atoms with Crippen LogP contribution in [0.15, 0.2) is 33.8 Å². The Morgan fingerprint density at radius 3 is 2.65 bits per heavy atom. The van der Waals surface area contributed by atoms with Crippen molar-refractivity contribution in [3.63, 3.8) is 0 Å². The van der Waals surface area contributed by atoms with E-state index < -0.39 is 0 Å². The zero-order valence-corrected chi connectivity index (χ0v) is 14.0. The number of aryl methyl sites for hydroxylation is 1. The van der Waals surface area contributed by atoms with Crippen LogP contribution < -0.4 is 10.1 Å². The molecule has 2 rings (SSSR count).